The Bertz CT molecular complexity index is 1440. The van der Waals surface area contributed by atoms with E-state index in [1.165, 1.54) is 26.2 Å². The van der Waals surface area contributed by atoms with Gasteiger partial charge in [0.1, 0.15) is 76.7 Å². The third-order valence-corrected chi connectivity index (χ3v) is 7.33. The van der Waals surface area contributed by atoms with Crippen molar-refractivity contribution in [3.63, 3.8) is 0 Å². The molecule has 0 unspecified atom stereocenters. The first-order valence-electron chi connectivity index (χ1n) is 13.1. The van der Waals surface area contributed by atoms with Crippen molar-refractivity contribution < 1.29 is 63.8 Å². The number of hydrogen-bond donors (Lipinski definition) is 7. The maximum absolute atomic E-state index is 12.8. The molecule has 14 nitrogen and oxygen atoms in total. The van der Waals surface area contributed by atoms with E-state index < -0.39 is 79.2 Å². The predicted octanol–water partition coefficient (Wildman–Crippen LogP) is -0.795. The number of phenolic OH excluding ortho intramolecular Hbond substituents is 1. The lowest BCUT2D eigenvalue weighted by molar-refractivity contribution is -0.348. The number of phenols is 1. The monoisotopic (exact) mass is 592 g/mol. The lowest BCUT2D eigenvalue weighted by Crippen LogP contribution is -2.64. The Morgan fingerprint density at radius 1 is 0.833 bits per heavy atom. The summed E-state index contributed by atoms with van der Waals surface area (Å²) in [6.07, 6.45) is -15.0. The highest BCUT2D eigenvalue weighted by molar-refractivity contribution is 5.86. The van der Waals surface area contributed by atoms with Crippen LogP contribution in [0.15, 0.2) is 51.7 Å². The Balaban J connectivity index is 1.34. The number of hydrogen-bond acceptors (Lipinski definition) is 14. The van der Waals surface area contributed by atoms with Gasteiger partial charge >= 0.3 is 0 Å². The molecule has 2 aromatic carbocycles. The second kappa shape index (κ2) is 12.1. The molecule has 0 radical (unpaired) electrons. The summed E-state index contributed by atoms with van der Waals surface area (Å²) in [7, 11) is 1.52. The van der Waals surface area contributed by atoms with Crippen LogP contribution in [-0.2, 0) is 14.2 Å². The summed E-state index contributed by atoms with van der Waals surface area (Å²) < 4.78 is 33.4. The van der Waals surface area contributed by atoms with E-state index in [-0.39, 0.29) is 22.5 Å². The van der Waals surface area contributed by atoms with Crippen molar-refractivity contribution in [1.29, 1.82) is 0 Å². The van der Waals surface area contributed by atoms with Gasteiger partial charge in [-0.2, -0.15) is 0 Å². The lowest BCUT2D eigenvalue weighted by Gasteiger charge is -2.45. The van der Waals surface area contributed by atoms with Crippen LogP contribution in [0.3, 0.4) is 0 Å². The van der Waals surface area contributed by atoms with Crippen molar-refractivity contribution in [3.8, 4) is 28.6 Å². The summed E-state index contributed by atoms with van der Waals surface area (Å²) in [5.74, 6) is 0.337. The molecule has 2 saturated heterocycles. The molecule has 0 bridgehead atoms. The summed E-state index contributed by atoms with van der Waals surface area (Å²) in [5.41, 5.74) is 0.0670. The van der Waals surface area contributed by atoms with E-state index in [1.807, 2.05) is 0 Å². The highest BCUT2D eigenvalue weighted by Gasteiger charge is 2.50. The molecule has 42 heavy (non-hydrogen) atoms. The van der Waals surface area contributed by atoms with Crippen molar-refractivity contribution in [2.24, 2.45) is 0 Å². The van der Waals surface area contributed by atoms with Gasteiger partial charge in [0.05, 0.1) is 19.8 Å². The molecule has 0 aliphatic carbocycles. The number of aromatic hydroxyl groups is 1. The van der Waals surface area contributed by atoms with Crippen LogP contribution in [-0.4, -0.2) is 111 Å². The minimum absolute atomic E-state index is 0.00829. The smallest absolute Gasteiger partial charge is 0.229 e. The Morgan fingerprint density at radius 2 is 1.52 bits per heavy atom. The third kappa shape index (κ3) is 5.68. The van der Waals surface area contributed by atoms with Crippen LogP contribution in [0.4, 0.5) is 0 Å². The molecule has 3 heterocycles. The van der Waals surface area contributed by atoms with E-state index in [2.05, 4.69) is 0 Å². The van der Waals surface area contributed by atoms with Crippen LogP contribution >= 0.6 is 0 Å². The first-order valence-corrected chi connectivity index (χ1v) is 13.1. The molecular formula is C28H32O14. The summed E-state index contributed by atoms with van der Waals surface area (Å²) in [4.78, 5) is 12.8. The first kappa shape index (κ1) is 30.2. The van der Waals surface area contributed by atoms with Crippen molar-refractivity contribution in [1.82, 2.24) is 0 Å². The normalized spacial score (nSPS) is 33.4. The highest BCUT2D eigenvalue weighted by atomic mass is 16.7. The van der Waals surface area contributed by atoms with Gasteiger partial charge < -0.3 is 63.8 Å². The van der Waals surface area contributed by atoms with Gasteiger partial charge in [-0.05, 0) is 31.2 Å². The number of fused-ring (bicyclic) bond motifs is 1. The first-order chi connectivity index (χ1) is 20.0. The number of methoxy groups -OCH3 is 1. The SMILES string of the molecule is COc1ccc(-c2cc(=O)c3c(O)cc(O[C@@H]4O[C@@H](C)[C@H](O[C@H]5O[C@H](CO)[C@@H](O)[C@H](O)[C@H]5O)[C@@H](O)[C@H]4O)cc3o2)cc1. The Kier molecular flexibility index (Phi) is 8.71. The molecule has 0 amide bonds. The van der Waals surface area contributed by atoms with Gasteiger partial charge in [-0.25, -0.2) is 0 Å². The van der Waals surface area contributed by atoms with Gasteiger partial charge in [-0.15, -0.1) is 0 Å². The molecule has 2 fully saturated rings. The molecule has 228 valence electrons. The maximum atomic E-state index is 12.8. The minimum Gasteiger partial charge on any atom is -0.507 e. The standard InChI is InChI=1S/C28H32O14/c1-11-26(42-28-24(35)22(33)21(32)19(10-29)41-28)23(34)25(36)27(38-11)39-14-7-15(30)20-16(31)9-17(40-18(20)8-14)12-3-5-13(37-2)6-4-12/h3-9,11,19,21-30,32-36H,10H2,1-2H3/t11-,19+,21+,22-,23-,24+,25+,26-,27-,28+/m0/s1. The van der Waals surface area contributed by atoms with Gasteiger partial charge in [0.25, 0.3) is 0 Å². The van der Waals surface area contributed by atoms with Crippen molar-refractivity contribution in [2.45, 2.75) is 68.3 Å². The second-order valence-corrected chi connectivity index (χ2v) is 10.1. The average Bonchev–Trinajstić information content (AvgIpc) is 2.97. The number of benzene rings is 2. The fraction of sp³-hybridized carbons (Fsp3) is 0.464. The zero-order chi connectivity index (χ0) is 30.3. The quantitative estimate of drug-likeness (QED) is 0.179. The van der Waals surface area contributed by atoms with Gasteiger partial charge in [-0.1, -0.05) is 0 Å². The van der Waals surface area contributed by atoms with Crippen LogP contribution in [0.25, 0.3) is 22.3 Å². The van der Waals surface area contributed by atoms with E-state index in [4.69, 9.17) is 28.1 Å². The molecule has 0 saturated carbocycles. The number of aliphatic hydroxyl groups is 6. The lowest BCUT2D eigenvalue weighted by atomic mass is 9.97. The Hall–Kier alpha value is -3.31. The zero-order valence-corrected chi connectivity index (χ0v) is 22.5. The molecule has 7 N–H and O–H groups in total. The molecule has 2 aliphatic rings. The van der Waals surface area contributed by atoms with Crippen molar-refractivity contribution >= 4 is 11.0 Å². The van der Waals surface area contributed by atoms with E-state index in [0.29, 0.717) is 11.3 Å². The van der Waals surface area contributed by atoms with Crippen molar-refractivity contribution in [2.75, 3.05) is 13.7 Å². The molecule has 0 spiro atoms. The molecule has 3 aromatic rings. The Morgan fingerprint density at radius 3 is 2.19 bits per heavy atom. The van der Waals surface area contributed by atoms with Gasteiger partial charge in [0.15, 0.2) is 11.7 Å². The zero-order valence-electron chi connectivity index (χ0n) is 22.5. The number of aliphatic hydroxyl groups excluding tert-OH is 6. The predicted molar refractivity (Wildman–Crippen MR) is 142 cm³/mol. The maximum Gasteiger partial charge on any atom is 0.229 e. The molecular weight excluding hydrogens is 560 g/mol. The largest absolute Gasteiger partial charge is 0.507 e. The summed E-state index contributed by atoms with van der Waals surface area (Å²) >= 11 is 0. The Labute approximate surface area is 238 Å². The fourth-order valence-electron chi connectivity index (χ4n) is 4.97. The van der Waals surface area contributed by atoms with Gasteiger partial charge in [-0.3, -0.25) is 4.79 Å². The molecule has 10 atom stereocenters. The molecule has 14 heteroatoms. The van der Waals surface area contributed by atoms with Crippen LogP contribution in [0, 0.1) is 0 Å². The van der Waals surface area contributed by atoms with Crippen LogP contribution < -0.4 is 14.9 Å². The average molecular weight is 593 g/mol. The minimum atomic E-state index is -1.73. The fourth-order valence-corrected chi connectivity index (χ4v) is 4.97. The highest BCUT2D eigenvalue weighted by Crippen LogP contribution is 2.34. The molecule has 5 rings (SSSR count). The summed E-state index contributed by atoms with van der Waals surface area (Å²) in [5, 5.41) is 71.7. The third-order valence-electron chi connectivity index (χ3n) is 7.33. The topological polar surface area (TPSA) is 218 Å². The van der Waals surface area contributed by atoms with E-state index in [0.717, 1.165) is 6.07 Å². The second-order valence-electron chi connectivity index (χ2n) is 10.1. The van der Waals surface area contributed by atoms with E-state index >= 15 is 0 Å². The van der Waals surface area contributed by atoms with Crippen LogP contribution in [0.5, 0.6) is 17.2 Å². The summed E-state index contributed by atoms with van der Waals surface area (Å²) in [6, 6.07) is 10.5. The molecule has 2 aliphatic heterocycles. The van der Waals surface area contributed by atoms with Crippen LogP contribution in [0.2, 0.25) is 0 Å². The van der Waals surface area contributed by atoms with Gasteiger partial charge in [0.2, 0.25) is 6.29 Å². The number of ether oxygens (including phenoxy) is 5. The van der Waals surface area contributed by atoms with E-state index in [1.54, 1.807) is 24.3 Å². The number of rotatable bonds is 7. The van der Waals surface area contributed by atoms with Crippen LogP contribution in [0.1, 0.15) is 6.92 Å². The van der Waals surface area contributed by atoms with Crippen molar-refractivity contribution in [3.05, 3.63) is 52.7 Å². The summed E-state index contributed by atoms with van der Waals surface area (Å²) in [6.45, 7) is 0.807. The van der Waals surface area contributed by atoms with E-state index in [9.17, 15) is 40.5 Å². The van der Waals surface area contributed by atoms with Gasteiger partial charge in [0, 0.05) is 23.8 Å². The molecule has 1 aromatic heterocycles.